The van der Waals surface area contributed by atoms with Crippen LogP contribution in [0.2, 0.25) is 0 Å². The smallest absolute Gasteiger partial charge is 0.321 e. The van der Waals surface area contributed by atoms with E-state index in [0.29, 0.717) is 30.0 Å². The van der Waals surface area contributed by atoms with Gasteiger partial charge in [-0.05, 0) is 55.3 Å². The number of hydrogen-bond acceptors (Lipinski definition) is 3. The van der Waals surface area contributed by atoms with Crippen LogP contribution in [0.1, 0.15) is 21.5 Å². The molecule has 1 aliphatic heterocycles. The van der Waals surface area contributed by atoms with Gasteiger partial charge in [-0.2, -0.15) is 0 Å². The Labute approximate surface area is 157 Å². The Morgan fingerprint density at radius 2 is 1.93 bits per heavy atom. The topological polar surface area (TPSA) is 90.5 Å². The molecular weight excluding hydrogens is 344 g/mol. The molecule has 2 aromatic carbocycles. The molecule has 1 heterocycles. The van der Waals surface area contributed by atoms with Crippen LogP contribution in [0.3, 0.4) is 0 Å². The van der Waals surface area contributed by atoms with Gasteiger partial charge in [0, 0.05) is 30.0 Å². The second-order valence-corrected chi connectivity index (χ2v) is 6.46. The number of urea groups is 1. The average molecular weight is 366 g/mol. The maximum Gasteiger partial charge on any atom is 0.321 e. The number of carbonyl (C=O) groups is 3. The first-order chi connectivity index (χ1) is 12.9. The molecule has 1 saturated heterocycles. The van der Waals surface area contributed by atoms with Crippen molar-refractivity contribution >= 4 is 29.2 Å². The van der Waals surface area contributed by atoms with Gasteiger partial charge >= 0.3 is 6.03 Å². The van der Waals surface area contributed by atoms with E-state index in [1.807, 2.05) is 26.0 Å². The molecule has 7 heteroatoms. The second kappa shape index (κ2) is 7.90. The van der Waals surface area contributed by atoms with Crippen molar-refractivity contribution in [3.8, 4) is 0 Å². The first-order valence-corrected chi connectivity index (χ1v) is 8.75. The third-order valence-corrected chi connectivity index (χ3v) is 4.48. The van der Waals surface area contributed by atoms with Gasteiger partial charge in [0.2, 0.25) is 5.91 Å². The van der Waals surface area contributed by atoms with Crippen molar-refractivity contribution in [3.05, 3.63) is 59.2 Å². The Morgan fingerprint density at radius 1 is 1.11 bits per heavy atom. The van der Waals surface area contributed by atoms with Crippen LogP contribution in [0.25, 0.3) is 0 Å². The number of aryl methyl sites for hydroxylation is 2. The van der Waals surface area contributed by atoms with Gasteiger partial charge in [-0.1, -0.05) is 12.1 Å². The molecule has 0 saturated carbocycles. The largest absolute Gasteiger partial charge is 0.343 e. The zero-order valence-corrected chi connectivity index (χ0v) is 15.3. The molecule has 140 valence electrons. The highest BCUT2D eigenvalue weighted by Gasteiger charge is 2.21. The molecule has 3 rings (SSSR count). The zero-order valence-electron chi connectivity index (χ0n) is 15.3. The number of hydrogen-bond donors (Lipinski definition) is 3. The molecule has 0 spiro atoms. The molecule has 0 unspecified atom stereocenters. The summed E-state index contributed by atoms with van der Waals surface area (Å²) in [5.74, 6) is -0.633. The van der Waals surface area contributed by atoms with Crippen LogP contribution < -0.4 is 20.9 Å². The second-order valence-electron chi connectivity index (χ2n) is 6.46. The average Bonchev–Trinajstić information content (AvgIpc) is 3.08. The highest BCUT2D eigenvalue weighted by Crippen LogP contribution is 2.20. The van der Waals surface area contributed by atoms with Gasteiger partial charge in [0.05, 0.1) is 6.54 Å². The molecule has 1 fully saturated rings. The predicted octanol–water partition coefficient (Wildman–Crippen LogP) is 2.20. The Morgan fingerprint density at radius 3 is 2.63 bits per heavy atom. The van der Waals surface area contributed by atoms with E-state index in [4.69, 9.17) is 0 Å². The fourth-order valence-corrected chi connectivity index (χ4v) is 2.82. The van der Waals surface area contributed by atoms with Gasteiger partial charge in [-0.3, -0.25) is 14.5 Å². The van der Waals surface area contributed by atoms with E-state index in [2.05, 4.69) is 16.0 Å². The SMILES string of the molecule is Cc1ccc(C(=O)NCC(=O)Nc2cccc(N3CCNC3=O)c2)cc1C. The van der Waals surface area contributed by atoms with E-state index >= 15 is 0 Å². The van der Waals surface area contributed by atoms with Crippen LogP contribution in [-0.4, -0.2) is 37.5 Å². The third kappa shape index (κ3) is 4.44. The van der Waals surface area contributed by atoms with Crippen molar-refractivity contribution in [1.82, 2.24) is 10.6 Å². The van der Waals surface area contributed by atoms with Crippen LogP contribution in [0.5, 0.6) is 0 Å². The monoisotopic (exact) mass is 366 g/mol. The van der Waals surface area contributed by atoms with Crippen molar-refractivity contribution in [2.24, 2.45) is 0 Å². The number of anilines is 2. The van der Waals surface area contributed by atoms with Gasteiger partial charge in [0.25, 0.3) is 5.91 Å². The maximum atomic E-state index is 12.2. The lowest BCUT2D eigenvalue weighted by Crippen LogP contribution is -2.33. The lowest BCUT2D eigenvalue weighted by molar-refractivity contribution is -0.115. The lowest BCUT2D eigenvalue weighted by atomic mass is 10.1. The summed E-state index contributed by atoms with van der Waals surface area (Å²) in [6, 6.07) is 12.3. The van der Waals surface area contributed by atoms with Crippen molar-refractivity contribution < 1.29 is 14.4 Å². The van der Waals surface area contributed by atoms with Crippen molar-refractivity contribution in [2.45, 2.75) is 13.8 Å². The number of carbonyl (C=O) groups excluding carboxylic acids is 3. The molecular formula is C20H22N4O3. The lowest BCUT2D eigenvalue weighted by Gasteiger charge is -2.15. The maximum absolute atomic E-state index is 12.2. The quantitative estimate of drug-likeness (QED) is 0.758. The molecule has 3 N–H and O–H groups in total. The van der Waals surface area contributed by atoms with Crippen molar-refractivity contribution in [1.29, 1.82) is 0 Å². The van der Waals surface area contributed by atoms with E-state index in [9.17, 15) is 14.4 Å². The van der Waals surface area contributed by atoms with Crippen molar-refractivity contribution in [2.75, 3.05) is 29.9 Å². The van der Waals surface area contributed by atoms with Crippen LogP contribution in [0.4, 0.5) is 16.2 Å². The fourth-order valence-electron chi connectivity index (χ4n) is 2.82. The van der Waals surface area contributed by atoms with Gasteiger partial charge in [-0.25, -0.2) is 4.79 Å². The van der Waals surface area contributed by atoms with Crippen LogP contribution in [0.15, 0.2) is 42.5 Å². The summed E-state index contributed by atoms with van der Waals surface area (Å²) < 4.78 is 0. The molecule has 0 aromatic heterocycles. The van der Waals surface area contributed by atoms with Gasteiger partial charge in [0.1, 0.15) is 0 Å². The minimum absolute atomic E-state index is 0.139. The summed E-state index contributed by atoms with van der Waals surface area (Å²) >= 11 is 0. The number of benzene rings is 2. The van der Waals surface area contributed by atoms with E-state index < -0.39 is 0 Å². The Kier molecular flexibility index (Phi) is 5.40. The highest BCUT2D eigenvalue weighted by atomic mass is 16.2. The van der Waals surface area contributed by atoms with Crippen molar-refractivity contribution in [3.63, 3.8) is 0 Å². The third-order valence-electron chi connectivity index (χ3n) is 4.48. The number of amides is 4. The number of nitrogens with zero attached hydrogens (tertiary/aromatic N) is 1. The Balaban J connectivity index is 1.57. The molecule has 0 aliphatic carbocycles. The highest BCUT2D eigenvalue weighted by molar-refractivity contribution is 6.00. The summed E-state index contributed by atoms with van der Waals surface area (Å²) in [7, 11) is 0. The number of nitrogens with one attached hydrogen (secondary N) is 3. The summed E-state index contributed by atoms with van der Waals surface area (Å²) in [5.41, 5.74) is 3.93. The van der Waals surface area contributed by atoms with E-state index in [0.717, 1.165) is 11.1 Å². The van der Waals surface area contributed by atoms with Crippen LogP contribution in [-0.2, 0) is 4.79 Å². The minimum atomic E-state index is -0.338. The molecule has 27 heavy (non-hydrogen) atoms. The molecule has 2 aromatic rings. The standard InChI is InChI=1S/C20H22N4O3/c1-13-6-7-15(10-14(13)2)19(26)22-12-18(25)23-16-4-3-5-17(11-16)24-9-8-21-20(24)27/h3-7,10-11H,8-9,12H2,1-2H3,(H,21,27)(H,22,26)(H,23,25). The van der Waals surface area contributed by atoms with Gasteiger partial charge in [0.15, 0.2) is 0 Å². The van der Waals surface area contributed by atoms with Crippen LogP contribution >= 0.6 is 0 Å². The molecule has 1 aliphatic rings. The van der Waals surface area contributed by atoms with E-state index in [1.54, 1.807) is 35.2 Å². The molecule has 4 amide bonds. The number of rotatable bonds is 5. The summed E-state index contributed by atoms with van der Waals surface area (Å²) in [6.45, 7) is 4.96. The summed E-state index contributed by atoms with van der Waals surface area (Å²) in [6.07, 6.45) is 0. The fraction of sp³-hybridized carbons (Fsp3) is 0.250. The zero-order chi connectivity index (χ0) is 19.4. The first-order valence-electron chi connectivity index (χ1n) is 8.75. The summed E-state index contributed by atoms with van der Waals surface area (Å²) in [4.78, 5) is 37.7. The molecule has 0 radical (unpaired) electrons. The first kappa shape index (κ1) is 18.4. The molecule has 0 bridgehead atoms. The van der Waals surface area contributed by atoms with E-state index in [-0.39, 0.29) is 24.4 Å². The van der Waals surface area contributed by atoms with Crippen LogP contribution in [0, 0.1) is 13.8 Å². The molecule has 0 atom stereocenters. The van der Waals surface area contributed by atoms with Gasteiger partial charge < -0.3 is 16.0 Å². The van der Waals surface area contributed by atoms with E-state index in [1.165, 1.54) is 0 Å². The Bertz CT molecular complexity index is 895. The normalized spacial score (nSPS) is 13.3. The predicted molar refractivity (Wildman–Crippen MR) is 104 cm³/mol. The Hall–Kier alpha value is -3.35. The minimum Gasteiger partial charge on any atom is -0.343 e. The molecule has 7 nitrogen and oxygen atoms in total. The summed E-state index contributed by atoms with van der Waals surface area (Å²) in [5, 5.41) is 8.09. The van der Waals surface area contributed by atoms with Gasteiger partial charge in [-0.15, -0.1) is 0 Å².